The summed E-state index contributed by atoms with van der Waals surface area (Å²) >= 11 is 0. The van der Waals surface area contributed by atoms with Gasteiger partial charge < -0.3 is 9.69 Å². The molecule has 78 valence electrons. The Bertz CT molecular complexity index is 304. The number of hydrogen-bond donors (Lipinski definition) is 0. The standard InChI is InChI=1S/C10H17N3O/c1-9-8-10(12(2)3)13(11-9)6-4-5-7-14/h7-8H,4-6H2,1-3H3. The van der Waals surface area contributed by atoms with Gasteiger partial charge in [0.1, 0.15) is 12.1 Å². The van der Waals surface area contributed by atoms with E-state index >= 15 is 0 Å². The first kappa shape index (κ1) is 10.8. The minimum atomic E-state index is 0.603. The summed E-state index contributed by atoms with van der Waals surface area (Å²) in [5.74, 6) is 1.09. The second kappa shape index (κ2) is 4.79. The summed E-state index contributed by atoms with van der Waals surface area (Å²) in [6.45, 7) is 2.78. The Balaban J connectivity index is 2.69. The van der Waals surface area contributed by atoms with Crippen molar-refractivity contribution in [2.75, 3.05) is 19.0 Å². The molecule has 14 heavy (non-hydrogen) atoms. The number of aldehydes is 1. The summed E-state index contributed by atoms with van der Waals surface area (Å²) in [4.78, 5) is 12.2. The molecule has 0 saturated carbocycles. The van der Waals surface area contributed by atoms with Crippen LogP contribution in [0.5, 0.6) is 0 Å². The molecule has 1 heterocycles. The molecule has 1 rings (SSSR count). The van der Waals surface area contributed by atoms with Crippen molar-refractivity contribution in [2.24, 2.45) is 0 Å². The maximum absolute atomic E-state index is 10.2. The number of nitrogens with zero attached hydrogens (tertiary/aromatic N) is 3. The molecule has 0 aromatic carbocycles. The maximum Gasteiger partial charge on any atom is 0.126 e. The van der Waals surface area contributed by atoms with E-state index in [-0.39, 0.29) is 0 Å². The highest BCUT2D eigenvalue weighted by Crippen LogP contribution is 2.13. The predicted octanol–water partition coefficient (Wildman–Crippen LogP) is 1.24. The van der Waals surface area contributed by atoms with Gasteiger partial charge in [0.05, 0.1) is 5.69 Å². The van der Waals surface area contributed by atoms with Crippen molar-refractivity contribution < 1.29 is 4.79 Å². The van der Waals surface area contributed by atoms with E-state index < -0.39 is 0 Å². The van der Waals surface area contributed by atoms with Crippen molar-refractivity contribution in [1.82, 2.24) is 9.78 Å². The zero-order chi connectivity index (χ0) is 10.6. The molecule has 0 radical (unpaired) electrons. The van der Waals surface area contributed by atoms with E-state index in [0.29, 0.717) is 6.42 Å². The topological polar surface area (TPSA) is 38.1 Å². The fraction of sp³-hybridized carbons (Fsp3) is 0.600. The molecule has 0 amide bonds. The van der Waals surface area contributed by atoms with Crippen LogP contribution in [0.15, 0.2) is 6.07 Å². The quantitative estimate of drug-likeness (QED) is 0.524. The molecular formula is C10H17N3O. The van der Waals surface area contributed by atoms with E-state index in [0.717, 1.165) is 30.8 Å². The maximum atomic E-state index is 10.2. The summed E-state index contributed by atoms with van der Waals surface area (Å²) < 4.78 is 1.94. The number of rotatable bonds is 5. The Labute approximate surface area is 84.5 Å². The predicted molar refractivity (Wildman–Crippen MR) is 56.6 cm³/mol. The van der Waals surface area contributed by atoms with Gasteiger partial charge in [-0.3, -0.25) is 0 Å². The number of unbranched alkanes of at least 4 members (excludes halogenated alkanes) is 1. The summed E-state index contributed by atoms with van der Waals surface area (Å²) in [6, 6.07) is 2.04. The summed E-state index contributed by atoms with van der Waals surface area (Å²) in [5.41, 5.74) is 1.01. The lowest BCUT2D eigenvalue weighted by Gasteiger charge is -2.13. The molecule has 0 N–H and O–H groups in total. The molecule has 0 bridgehead atoms. The third-order valence-electron chi connectivity index (χ3n) is 2.03. The van der Waals surface area contributed by atoms with E-state index in [9.17, 15) is 4.79 Å². The number of anilines is 1. The minimum absolute atomic E-state index is 0.603. The van der Waals surface area contributed by atoms with Gasteiger partial charge in [-0.1, -0.05) is 0 Å². The van der Waals surface area contributed by atoms with Crippen molar-refractivity contribution in [2.45, 2.75) is 26.3 Å². The number of carbonyl (C=O) groups is 1. The zero-order valence-electron chi connectivity index (χ0n) is 9.03. The van der Waals surface area contributed by atoms with E-state index in [1.807, 2.05) is 36.7 Å². The van der Waals surface area contributed by atoms with Crippen LogP contribution in [0.4, 0.5) is 5.82 Å². The van der Waals surface area contributed by atoms with Crippen molar-refractivity contribution in [1.29, 1.82) is 0 Å². The molecule has 1 aromatic rings. The highest BCUT2D eigenvalue weighted by molar-refractivity contribution is 5.49. The molecule has 0 atom stereocenters. The Morgan fingerprint density at radius 3 is 2.86 bits per heavy atom. The van der Waals surface area contributed by atoms with Gasteiger partial charge in [-0.05, 0) is 13.3 Å². The second-order valence-corrected chi connectivity index (χ2v) is 3.57. The van der Waals surface area contributed by atoms with Gasteiger partial charge in [0.15, 0.2) is 0 Å². The summed E-state index contributed by atoms with van der Waals surface area (Å²) in [7, 11) is 3.99. The average Bonchev–Trinajstić information content (AvgIpc) is 2.47. The van der Waals surface area contributed by atoms with Crippen molar-refractivity contribution in [3.05, 3.63) is 11.8 Å². The Hall–Kier alpha value is -1.32. The van der Waals surface area contributed by atoms with E-state index in [4.69, 9.17) is 0 Å². The molecule has 0 fully saturated rings. The Morgan fingerprint density at radius 1 is 1.57 bits per heavy atom. The smallest absolute Gasteiger partial charge is 0.126 e. The van der Waals surface area contributed by atoms with Crippen LogP contribution in [0, 0.1) is 6.92 Å². The number of carbonyl (C=O) groups excluding carboxylic acids is 1. The molecule has 1 aromatic heterocycles. The first-order valence-electron chi connectivity index (χ1n) is 4.80. The normalized spacial score (nSPS) is 10.2. The lowest BCUT2D eigenvalue weighted by Crippen LogP contribution is -2.15. The molecule has 0 aliphatic carbocycles. The first-order chi connectivity index (χ1) is 6.65. The van der Waals surface area contributed by atoms with Gasteiger partial charge in [-0.15, -0.1) is 0 Å². The highest BCUT2D eigenvalue weighted by atomic mass is 16.1. The van der Waals surface area contributed by atoms with E-state index in [1.54, 1.807) is 0 Å². The number of hydrogen-bond acceptors (Lipinski definition) is 3. The zero-order valence-corrected chi connectivity index (χ0v) is 9.03. The van der Waals surface area contributed by atoms with Gasteiger partial charge in [-0.2, -0.15) is 5.10 Å². The lowest BCUT2D eigenvalue weighted by molar-refractivity contribution is -0.107. The first-order valence-corrected chi connectivity index (χ1v) is 4.80. The van der Waals surface area contributed by atoms with Crippen LogP contribution in [0.25, 0.3) is 0 Å². The van der Waals surface area contributed by atoms with Gasteiger partial charge in [0.25, 0.3) is 0 Å². The summed E-state index contributed by atoms with van der Waals surface area (Å²) in [5, 5.41) is 4.36. The third kappa shape index (κ3) is 2.58. The van der Waals surface area contributed by atoms with E-state index in [2.05, 4.69) is 5.10 Å². The molecule has 0 aliphatic heterocycles. The average molecular weight is 195 g/mol. The van der Waals surface area contributed by atoms with Gasteiger partial charge >= 0.3 is 0 Å². The fourth-order valence-corrected chi connectivity index (χ4v) is 1.38. The van der Waals surface area contributed by atoms with Crippen LogP contribution in [0.2, 0.25) is 0 Å². The molecule has 0 spiro atoms. The van der Waals surface area contributed by atoms with Crippen LogP contribution >= 0.6 is 0 Å². The molecule has 0 saturated heterocycles. The minimum Gasteiger partial charge on any atom is -0.363 e. The second-order valence-electron chi connectivity index (χ2n) is 3.57. The third-order valence-corrected chi connectivity index (χ3v) is 2.03. The van der Waals surface area contributed by atoms with Crippen molar-refractivity contribution in [3.8, 4) is 0 Å². The molecular weight excluding hydrogens is 178 g/mol. The van der Waals surface area contributed by atoms with Gasteiger partial charge in [0, 0.05) is 33.1 Å². The van der Waals surface area contributed by atoms with Crippen molar-refractivity contribution in [3.63, 3.8) is 0 Å². The number of aromatic nitrogens is 2. The largest absolute Gasteiger partial charge is 0.363 e. The Morgan fingerprint density at radius 2 is 2.29 bits per heavy atom. The van der Waals surface area contributed by atoms with E-state index in [1.165, 1.54) is 0 Å². The number of aryl methyl sites for hydroxylation is 2. The fourth-order valence-electron chi connectivity index (χ4n) is 1.38. The van der Waals surface area contributed by atoms with Crippen LogP contribution in [-0.2, 0) is 11.3 Å². The van der Waals surface area contributed by atoms with Crippen molar-refractivity contribution >= 4 is 12.1 Å². The molecule has 0 unspecified atom stereocenters. The van der Waals surface area contributed by atoms with Gasteiger partial charge in [-0.25, -0.2) is 4.68 Å². The Kier molecular flexibility index (Phi) is 3.68. The summed E-state index contributed by atoms with van der Waals surface area (Å²) in [6.07, 6.45) is 2.41. The molecule has 4 heteroatoms. The van der Waals surface area contributed by atoms with Crippen LogP contribution in [0.1, 0.15) is 18.5 Å². The monoisotopic (exact) mass is 195 g/mol. The molecule has 4 nitrogen and oxygen atoms in total. The van der Waals surface area contributed by atoms with Gasteiger partial charge in [0.2, 0.25) is 0 Å². The highest BCUT2D eigenvalue weighted by Gasteiger charge is 2.05. The lowest BCUT2D eigenvalue weighted by atomic mass is 10.3. The molecule has 0 aliphatic rings. The van der Waals surface area contributed by atoms with Crippen LogP contribution in [-0.4, -0.2) is 30.2 Å². The van der Waals surface area contributed by atoms with Crippen LogP contribution in [0.3, 0.4) is 0 Å². The van der Waals surface area contributed by atoms with Crippen LogP contribution < -0.4 is 4.90 Å². The SMILES string of the molecule is Cc1cc(N(C)C)n(CCCC=O)n1.